The molecule has 0 unspecified atom stereocenters. The number of likely N-dealkylation sites (tertiary alicyclic amines) is 1. The Balaban J connectivity index is 1.36. The number of hydrogen-bond acceptors (Lipinski definition) is 7. The van der Waals surface area contributed by atoms with Crippen LogP contribution >= 0.6 is 0 Å². The third kappa shape index (κ3) is 5.33. The van der Waals surface area contributed by atoms with E-state index in [9.17, 15) is 14.7 Å². The smallest absolute Gasteiger partial charge is 0.415 e. The lowest BCUT2D eigenvalue weighted by Crippen LogP contribution is -2.35. The third-order valence-corrected chi connectivity index (χ3v) is 5.35. The number of anilines is 2. The maximum Gasteiger partial charge on any atom is 0.415 e. The summed E-state index contributed by atoms with van der Waals surface area (Å²) in [5, 5.41) is 20.2. The molecular weight excluding hydrogens is 414 g/mol. The molecule has 0 bridgehead atoms. The number of hydrogen-bond donors (Lipinski definition) is 2. The fourth-order valence-electron chi connectivity index (χ4n) is 3.64. The molecule has 1 fully saturated rings. The molecule has 1 saturated heterocycles. The van der Waals surface area contributed by atoms with E-state index in [2.05, 4.69) is 20.4 Å². The maximum atomic E-state index is 12.1. The van der Waals surface area contributed by atoms with Crippen LogP contribution in [0.5, 0.6) is 0 Å². The molecule has 3 aromatic rings. The number of benzene rings is 1. The van der Waals surface area contributed by atoms with E-state index >= 15 is 0 Å². The lowest BCUT2D eigenvalue weighted by molar-refractivity contribution is 0.102. The number of piperidine rings is 1. The summed E-state index contributed by atoms with van der Waals surface area (Å²) in [5.41, 5.74) is 1.62. The van der Waals surface area contributed by atoms with Gasteiger partial charge in [-0.15, -0.1) is 5.10 Å². The van der Waals surface area contributed by atoms with Crippen LogP contribution in [0, 0.1) is 0 Å². The Morgan fingerprint density at radius 3 is 2.56 bits per heavy atom. The first-order valence-corrected chi connectivity index (χ1v) is 10.6. The molecule has 2 aromatic heterocycles. The van der Waals surface area contributed by atoms with Crippen molar-refractivity contribution < 1.29 is 23.5 Å². The van der Waals surface area contributed by atoms with Crippen molar-refractivity contribution in [1.29, 1.82) is 0 Å². The fourth-order valence-corrected chi connectivity index (χ4v) is 3.64. The minimum atomic E-state index is -1.13. The van der Waals surface area contributed by atoms with Crippen LogP contribution < -0.4 is 10.2 Å². The number of nitrogens with one attached hydrogen (secondary N) is 1. The molecule has 0 saturated carbocycles. The van der Waals surface area contributed by atoms with Gasteiger partial charge < -0.3 is 24.2 Å². The van der Waals surface area contributed by atoms with E-state index in [4.69, 9.17) is 8.83 Å². The van der Waals surface area contributed by atoms with Crippen molar-refractivity contribution in [2.24, 2.45) is 0 Å². The average molecular weight is 439 g/mol. The van der Waals surface area contributed by atoms with Crippen molar-refractivity contribution in [1.82, 2.24) is 15.1 Å². The van der Waals surface area contributed by atoms with E-state index in [1.165, 1.54) is 31.8 Å². The van der Waals surface area contributed by atoms with Gasteiger partial charge in [-0.1, -0.05) is 11.5 Å². The summed E-state index contributed by atoms with van der Waals surface area (Å²) in [6, 6.07) is 8.34. The quantitative estimate of drug-likeness (QED) is 0.541. The monoisotopic (exact) mass is 439 g/mol. The molecule has 1 aromatic carbocycles. The number of furan rings is 1. The molecule has 168 valence electrons. The van der Waals surface area contributed by atoms with E-state index in [1.807, 2.05) is 0 Å². The zero-order valence-electron chi connectivity index (χ0n) is 17.6. The van der Waals surface area contributed by atoms with Gasteiger partial charge in [0.05, 0.1) is 11.8 Å². The molecule has 0 aliphatic carbocycles. The SMILES string of the molecule is O=C(Nc1ccc(-c2nnc(N(CCCN3CCCCC3)C(=O)O)o2)cc1)c1ccoc1. The summed E-state index contributed by atoms with van der Waals surface area (Å²) in [5.74, 6) is -0.0804. The molecule has 4 rings (SSSR count). The van der Waals surface area contributed by atoms with E-state index < -0.39 is 6.09 Å². The summed E-state index contributed by atoms with van der Waals surface area (Å²) < 4.78 is 10.5. The summed E-state index contributed by atoms with van der Waals surface area (Å²) in [6.45, 7) is 3.26. The Labute approximate surface area is 184 Å². The molecule has 1 aliphatic heterocycles. The first-order valence-electron chi connectivity index (χ1n) is 10.6. The number of rotatable bonds is 8. The van der Waals surface area contributed by atoms with Gasteiger partial charge in [0.25, 0.3) is 5.91 Å². The van der Waals surface area contributed by atoms with Gasteiger partial charge in [-0.2, -0.15) is 0 Å². The van der Waals surface area contributed by atoms with Crippen LogP contribution in [-0.4, -0.2) is 58.4 Å². The Hall–Kier alpha value is -3.66. The highest BCUT2D eigenvalue weighted by molar-refractivity contribution is 6.04. The predicted molar refractivity (Wildman–Crippen MR) is 117 cm³/mol. The van der Waals surface area contributed by atoms with Gasteiger partial charge in [0.2, 0.25) is 5.89 Å². The summed E-state index contributed by atoms with van der Waals surface area (Å²) in [4.78, 5) is 27.2. The minimum Gasteiger partial charge on any atom is -0.472 e. The molecular formula is C22H25N5O5. The molecule has 0 atom stereocenters. The van der Waals surface area contributed by atoms with Crippen LogP contribution in [0.25, 0.3) is 11.5 Å². The van der Waals surface area contributed by atoms with Crippen molar-refractivity contribution in [3.05, 3.63) is 48.4 Å². The molecule has 10 nitrogen and oxygen atoms in total. The summed E-state index contributed by atoms with van der Waals surface area (Å²) >= 11 is 0. The maximum absolute atomic E-state index is 12.1. The highest BCUT2D eigenvalue weighted by Crippen LogP contribution is 2.24. The Bertz CT molecular complexity index is 1030. The fraction of sp³-hybridized carbons (Fsp3) is 0.364. The molecule has 1 aliphatic rings. The Morgan fingerprint density at radius 1 is 1.09 bits per heavy atom. The number of carbonyl (C=O) groups excluding carboxylic acids is 1. The van der Waals surface area contributed by atoms with Crippen LogP contribution in [-0.2, 0) is 0 Å². The van der Waals surface area contributed by atoms with Gasteiger partial charge in [-0.25, -0.2) is 9.69 Å². The lowest BCUT2D eigenvalue weighted by Gasteiger charge is -2.26. The predicted octanol–water partition coefficient (Wildman–Crippen LogP) is 3.94. The van der Waals surface area contributed by atoms with Gasteiger partial charge in [0.1, 0.15) is 6.26 Å². The zero-order valence-corrected chi connectivity index (χ0v) is 17.6. The Morgan fingerprint density at radius 2 is 1.88 bits per heavy atom. The topological polar surface area (TPSA) is 125 Å². The second kappa shape index (κ2) is 10.1. The lowest BCUT2D eigenvalue weighted by atomic mass is 10.1. The molecule has 3 heterocycles. The van der Waals surface area contributed by atoms with E-state index in [0.29, 0.717) is 23.2 Å². The van der Waals surface area contributed by atoms with Gasteiger partial charge in [-0.05, 0) is 69.2 Å². The summed E-state index contributed by atoms with van der Waals surface area (Å²) in [7, 11) is 0. The summed E-state index contributed by atoms with van der Waals surface area (Å²) in [6.07, 6.45) is 6.01. The van der Waals surface area contributed by atoms with Crippen LogP contribution in [0.2, 0.25) is 0 Å². The highest BCUT2D eigenvalue weighted by Gasteiger charge is 2.22. The number of carboxylic acid groups (broad SMARTS) is 1. The normalized spacial score (nSPS) is 14.2. The standard InChI is InChI=1S/C22H25N5O5/c28-19(17-9-14-31-15-17)23-18-7-5-16(6-8-18)20-24-25-21(32-20)27(22(29)30)13-4-12-26-10-2-1-3-11-26/h5-9,14-15H,1-4,10-13H2,(H,23,28)(H,29,30). The molecule has 32 heavy (non-hydrogen) atoms. The highest BCUT2D eigenvalue weighted by atomic mass is 16.4. The van der Waals surface area contributed by atoms with Crippen LogP contribution in [0.3, 0.4) is 0 Å². The van der Waals surface area contributed by atoms with Gasteiger partial charge in [-0.3, -0.25) is 4.79 Å². The second-order valence-corrected chi connectivity index (χ2v) is 7.62. The first-order chi connectivity index (χ1) is 15.6. The molecule has 0 radical (unpaired) electrons. The molecule has 10 heteroatoms. The third-order valence-electron chi connectivity index (χ3n) is 5.35. The molecule has 0 spiro atoms. The van der Waals surface area contributed by atoms with Crippen molar-refractivity contribution in [2.75, 3.05) is 36.4 Å². The average Bonchev–Trinajstić information content (AvgIpc) is 3.50. The van der Waals surface area contributed by atoms with Crippen LogP contribution in [0.15, 0.2) is 51.7 Å². The van der Waals surface area contributed by atoms with Crippen molar-refractivity contribution in [2.45, 2.75) is 25.7 Å². The van der Waals surface area contributed by atoms with Crippen molar-refractivity contribution in [3.8, 4) is 11.5 Å². The zero-order chi connectivity index (χ0) is 22.3. The number of aromatic nitrogens is 2. The largest absolute Gasteiger partial charge is 0.472 e. The van der Waals surface area contributed by atoms with Gasteiger partial charge >= 0.3 is 12.1 Å². The first kappa shape index (κ1) is 21.6. The number of amides is 2. The molecule has 2 N–H and O–H groups in total. The number of carbonyl (C=O) groups is 2. The van der Waals surface area contributed by atoms with E-state index in [-0.39, 0.29) is 24.4 Å². The van der Waals surface area contributed by atoms with Crippen LogP contribution in [0.1, 0.15) is 36.0 Å². The van der Waals surface area contributed by atoms with Gasteiger partial charge in [0.15, 0.2) is 0 Å². The Kier molecular flexibility index (Phi) is 6.81. The molecule has 2 amide bonds. The number of nitrogens with zero attached hydrogens (tertiary/aromatic N) is 4. The van der Waals surface area contributed by atoms with E-state index in [1.54, 1.807) is 30.3 Å². The van der Waals surface area contributed by atoms with E-state index in [0.717, 1.165) is 24.5 Å². The van der Waals surface area contributed by atoms with Crippen LogP contribution in [0.4, 0.5) is 16.5 Å². The minimum absolute atomic E-state index is 0.0523. The van der Waals surface area contributed by atoms with Crippen molar-refractivity contribution in [3.63, 3.8) is 0 Å². The van der Waals surface area contributed by atoms with Crippen molar-refractivity contribution >= 4 is 23.7 Å². The second-order valence-electron chi connectivity index (χ2n) is 7.62. The van der Waals surface area contributed by atoms with Gasteiger partial charge in [0, 0.05) is 17.8 Å².